The molecule has 1 heterocycles. The van der Waals surface area contributed by atoms with Crippen molar-refractivity contribution >= 4 is 23.3 Å². The first-order valence-corrected chi connectivity index (χ1v) is 8.73. The van der Waals surface area contributed by atoms with Crippen LogP contribution in [0.15, 0.2) is 24.3 Å². The van der Waals surface area contributed by atoms with Crippen molar-refractivity contribution in [2.75, 3.05) is 11.9 Å². The van der Waals surface area contributed by atoms with Crippen molar-refractivity contribution in [2.24, 2.45) is 11.1 Å². The summed E-state index contributed by atoms with van der Waals surface area (Å²) in [7, 11) is 0. The van der Waals surface area contributed by atoms with Gasteiger partial charge < -0.3 is 20.8 Å². The van der Waals surface area contributed by atoms with E-state index in [1.807, 2.05) is 13.8 Å². The fraction of sp³-hybridized carbons (Fsp3) is 0.350. The molecule has 0 saturated heterocycles. The summed E-state index contributed by atoms with van der Waals surface area (Å²) in [6.07, 6.45) is 1.19. The molecule has 0 fully saturated rings. The third kappa shape index (κ3) is 4.02. The van der Waals surface area contributed by atoms with Crippen molar-refractivity contribution in [3.63, 3.8) is 0 Å². The molecule has 0 saturated carbocycles. The maximum atomic E-state index is 12.7. The number of carbonyl (C=O) groups is 3. The van der Waals surface area contributed by atoms with Gasteiger partial charge in [0.1, 0.15) is 11.4 Å². The van der Waals surface area contributed by atoms with Crippen LogP contribution in [0, 0.1) is 12.3 Å². The average Bonchev–Trinajstić information content (AvgIpc) is 2.88. The van der Waals surface area contributed by atoms with Crippen LogP contribution in [0.25, 0.3) is 0 Å². The predicted octanol–water partition coefficient (Wildman–Crippen LogP) is 2.59. The van der Waals surface area contributed by atoms with E-state index in [1.54, 1.807) is 31.2 Å². The fourth-order valence-electron chi connectivity index (χ4n) is 3.47. The smallest absolute Gasteiger partial charge is 0.272 e. The van der Waals surface area contributed by atoms with Gasteiger partial charge in [-0.25, -0.2) is 0 Å². The summed E-state index contributed by atoms with van der Waals surface area (Å²) < 4.78 is 5.24. The molecule has 2 amide bonds. The zero-order valence-corrected chi connectivity index (χ0v) is 15.6. The summed E-state index contributed by atoms with van der Waals surface area (Å²) in [5.74, 6) is -0.425. The van der Waals surface area contributed by atoms with Gasteiger partial charge in [0.25, 0.3) is 11.8 Å². The van der Waals surface area contributed by atoms with E-state index in [1.165, 1.54) is 0 Å². The first kappa shape index (κ1) is 18.7. The van der Waals surface area contributed by atoms with E-state index in [2.05, 4.69) is 10.3 Å². The van der Waals surface area contributed by atoms with Crippen LogP contribution in [0.2, 0.25) is 0 Å². The highest BCUT2D eigenvalue weighted by molar-refractivity contribution is 6.08. The number of nitrogens with two attached hydrogens (primary N) is 1. The maximum absolute atomic E-state index is 12.7. The van der Waals surface area contributed by atoms with E-state index < -0.39 is 5.91 Å². The van der Waals surface area contributed by atoms with Gasteiger partial charge >= 0.3 is 0 Å². The van der Waals surface area contributed by atoms with Gasteiger partial charge in [-0.1, -0.05) is 19.9 Å². The molecular formula is C20H23N3O4. The van der Waals surface area contributed by atoms with Crippen molar-refractivity contribution in [1.82, 2.24) is 4.98 Å². The zero-order chi connectivity index (χ0) is 19.8. The number of ether oxygens (including phenoxy) is 1. The number of aromatic nitrogens is 1. The highest BCUT2D eigenvalue weighted by Crippen LogP contribution is 2.36. The molecule has 27 heavy (non-hydrogen) atoms. The molecule has 2 aromatic rings. The van der Waals surface area contributed by atoms with E-state index in [9.17, 15) is 14.4 Å². The van der Waals surface area contributed by atoms with Crippen molar-refractivity contribution < 1.29 is 19.1 Å². The molecule has 0 unspecified atom stereocenters. The number of benzene rings is 1. The summed E-state index contributed by atoms with van der Waals surface area (Å²) in [5, 5.41) is 2.79. The number of aromatic amines is 1. The number of primary amides is 1. The minimum absolute atomic E-state index is 0.0656. The highest BCUT2D eigenvalue weighted by atomic mass is 16.5. The fourth-order valence-corrected chi connectivity index (χ4v) is 3.47. The Kier molecular flexibility index (Phi) is 4.78. The zero-order valence-electron chi connectivity index (χ0n) is 15.6. The summed E-state index contributed by atoms with van der Waals surface area (Å²) in [6, 6.07) is 6.68. The van der Waals surface area contributed by atoms with Gasteiger partial charge in [-0.2, -0.15) is 0 Å². The van der Waals surface area contributed by atoms with Crippen molar-refractivity contribution in [2.45, 2.75) is 33.6 Å². The SMILES string of the molecule is Cc1c(C(=O)Nc2cccc(OCC(N)=O)c2)[nH]c2c1C(=O)CC(C)(C)C2. The van der Waals surface area contributed by atoms with E-state index in [0.29, 0.717) is 34.7 Å². The van der Waals surface area contributed by atoms with Crippen LogP contribution in [0.3, 0.4) is 0 Å². The average molecular weight is 369 g/mol. The van der Waals surface area contributed by atoms with Gasteiger partial charge in [0.2, 0.25) is 0 Å². The Morgan fingerprint density at radius 3 is 2.74 bits per heavy atom. The molecule has 0 atom stereocenters. The molecular weight excluding hydrogens is 346 g/mol. The normalized spacial score (nSPS) is 15.1. The Morgan fingerprint density at radius 1 is 1.30 bits per heavy atom. The van der Waals surface area contributed by atoms with Crippen LogP contribution in [0.1, 0.15) is 52.4 Å². The second-order valence-corrected chi connectivity index (χ2v) is 7.66. The Hall–Kier alpha value is -3.09. The molecule has 4 N–H and O–H groups in total. The van der Waals surface area contributed by atoms with E-state index >= 15 is 0 Å². The number of Topliss-reactive ketones (excluding diaryl/α,β-unsaturated/α-hetero) is 1. The number of anilines is 1. The van der Waals surface area contributed by atoms with Crippen LogP contribution in [-0.2, 0) is 11.2 Å². The second kappa shape index (κ2) is 6.90. The predicted molar refractivity (Wildman–Crippen MR) is 101 cm³/mol. The molecule has 142 valence electrons. The van der Waals surface area contributed by atoms with Crippen LogP contribution < -0.4 is 15.8 Å². The first-order chi connectivity index (χ1) is 12.7. The van der Waals surface area contributed by atoms with Crippen molar-refractivity contribution in [1.29, 1.82) is 0 Å². The van der Waals surface area contributed by atoms with Gasteiger partial charge in [0.15, 0.2) is 12.4 Å². The largest absolute Gasteiger partial charge is 0.484 e. The molecule has 1 aliphatic carbocycles. The molecule has 0 radical (unpaired) electrons. The van der Waals surface area contributed by atoms with Gasteiger partial charge in [-0.05, 0) is 36.5 Å². The Bertz CT molecular complexity index is 927. The highest BCUT2D eigenvalue weighted by Gasteiger charge is 2.35. The Balaban J connectivity index is 1.81. The topological polar surface area (TPSA) is 114 Å². The molecule has 0 spiro atoms. The number of hydrogen-bond acceptors (Lipinski definition) is 4. The minimum atomic E-state index is -0.579. The number of amides is 2. The van der Waals surface area contributed by atoms with Crippen LogP contribution in [-0.4, -0.2) is 29.2 Å². The van der Waals surface area contributed by atoms with E-state index in [0.717, 1.165) is 12.1 Å². The second-order valence-electron chi connectivity index (χ2n) is 7.66. The molecule has 0 bridgehead atoms. The van der Waals surface area contributed by atoms with Gasteiger partial charge in [0.05, 0.1) is 0 Å². The number of hydrogen-bond donors (Lipinski definition) is 3. The number of ketones is 1. The molecule has 1 aromatic heterocycles. The van der Waals surface area contributed by atoms with Crippen LogP contribution >= 0.6 is 0 Å². The number of fused-ring (bicyclic) bond motifs is 1. The molecule has 7 nitrogen and oxygen atoms in total. The molecule has 3 rings (SSSR count). The standard InChI is InChI=1S/C20H23N3O4/c1-11-17-14(8-20(2,3)9-15(17)24)23-18(11)19(26)22-12-5-4-6-13(7-12)27-10-16(21)25/h4-7,23H,8-10H2,1-3H3,(H2,21,25)(H,22,26). The lowest BCUT2D eigenvalue weighted by Gasteiger charge is -2.28. The quantitative estimate of drug-likeness (QED) is 0.751. The van der Waals surface area contributed by atoms with Crippen LogP contribution in [0.5, 0.6) is 5.75 Å². The number of H-pyrrole nitrogens is 1. The lowest BCUT2D eigenvalue weighted by atomic mass is 9.75. The lowest BCUT2D eigenvalue weighted by Crippen LogP contribution is -2.26. The third-order valence-corrected chi connectivity index (χ3v) is 4.60. The minimum Gasteiger partial charge on any atom is -0.484 e. The molecule has 1 aromatic carbocycles. The first-order valence-electron chi connectivity index (χ1n) is 8.73. The number of nitrogens with one attached hydrogen (secondary N) is 2. The lowest BCUT2D eigenvalue weighted by molar-refractivity contribution is -0.119. The number of carbonyl (C=O) groups excluding carboxylic acids is 3. The summed E-state index contributed by atoms with van der Waals surface area (Å²) in [4.78, 5) is 39.2. The third-order valence-electron chi connectivity index (χ3n) is 4.60. The van der Waals surface area contributed by atoms with E-state index in [-0.39, 0.29) is 23.7 Å². The number of rotatable bonds is 5. The van der Waals surface area contributed by atoms with E-state index in [4.69, 9.17) is 10.5 Å². The van der Waals surface area contributed by atoms with Gasteiger partial charge in [0, 0.05) is 29.4 Å². The summed E-state index contributed by atoms with van der Waals surface area (Å²) in [5.41, 5.74) is 7.96. The van der Waals surface area contributed by atoms with Crippen molar-refractivity contribution in [3.05, 3.63) is 46.8 Å². The van der Waals surface area contributed by atoms with Crippen LogP contribution in [0.4, 0.5) is 5.69 Å². The molecule has 7 heteroatoms. The Labute approximate surface area is 157 Å². The summed E-state index contributed by atoms with van der Waals surface area (Å²) >= 11 is 0. The van der Waals surface area contributed by atoms with Crippen molar-refractivity contribution in [3.8, 4) is 5.75 Å². The monoisotopic (exact) mass is 369 g/mol. The summed E-state index contributed by atoms with van der Waals surface area (Å²) in [6.45, 7) is 5.63. The molecule has 0 aliphatic heterocycles. The van der Waals surface area contributed by atoms with Gasteiger partial charge in [-0.3, -0.25) is 14.4 Å². The maximum Gasteiger partial charge on any atom is 0.272 e. The molecule has 1 aliphatic rings. The Morgan fingerprint density at radius 2 is 2.04 bits per heavy atom. The van der Waals surface area contributed by atoms with Gasteiger partial charge in [-0.15, -0.1) is 0 Å².